The summed E-state index contributed by atoms with van der Waals surface area (Å²) in [4.78, 5) is 27.2. The maximum atomic E-state index is 13.5. The van der Waals surface area contributed by atoms with Gasteiger partial charge in [-0.2, -0.15) is 0 Å². The topological polar surface area (TPSA) is 73.5 Å². The van der Waals surface area contributed by atoms with Crippen molar-refractivity contribution in [3.63, 3.8) is 0 Å². The van der Waals surface area contributed by atoms with E-state index in [0.717, 1.165) is 50.5 Å². The lowest BCUT2D eigenvalue weighted by Crippen LogP contribution is -2.32. The SMILES string of the molecule is CN(CCCC1CC(c2cccc(F)c2)NN1)C(=O)c1cccc(NC(=O)C2CCCCC2)c1. The Morgan fingerprint density at radius 1 is 1.06 bits per heavy atom. The standard InChI is InChI=1S/C27H35FN4O2/c1-32(15-7-14-24-18-25(31-30-24)20-10-5-12-22(28)16-20)27(34)21-11-6-13-23(17-21)29-26(33)19-8-3-2-4-9-19/h5-6,10-13,16-17,19,24-25,30-31H,2-4,7-9,14-15,18H2,1H3,(H,29,33). The number of amides is 2. The zero-order valence-electron chi connectivity index (χ0n) is 19.9. The number of carbonyl (C=O) groups excluding carboxylic acids is 2. The van der Waals surface area contributed by atoms with Crippen LogP contribution in [0.25, 0.3) is 0 Å². The summed E-state index contributed by atoms with van der Waals surface area (Å²) < 4.78 is 13.5. The lowest BCUT2D eigenvalue weighted by Gasteiger charge is -2.21. The zero-order chi connectivity index (χ0) is 23.9. The lowest BCUT2D eigenvalue weighted by atomic mass is 9.88. The van der Waals surface area contributed by atoms with Crippen molar-refractivity contribution in [2.45, 2.75) is 63.5 Å². The molecule has 2 fully saturated rings. The minimum absolute atomic E-state index is 0.0519. The summed E-state index contributed by atoms with van der Waals surface area (Å²) in [7, 11) is 1.81. The molecule has 2 aromatic rings. The average Bonchev–Trinajstić information content (AvgIpc) is 3.33. The molecule has 6 nitrogen and oxygen atoms in total. The van der Waals surface area contributed by atoms with Crippen molar-refractivity contribution < 1.29 is 14.0 Å². The Bertz CT molecular complexity index is 992. The highest BCUT2D eigenvalue weighted by molar-refractivity contribution is 5.97. The second kappa shape index (κ2) is 11.6. The van der Waals surface area contributed by atoms with Gasteiger partial charge in [-0.15, -0.1) is 0 Å². The monoisotopic (exact) mass is 466 g/mol. The minimum Gasteiger partial charge on any atom is -0.342 e. The van der Waals surface area contributed by atoms with E-state index in [1.165, 1.54) is 12.5 Å². The normalized spacial score (nSPS) is 20.8. The number of rotatable bonds is 8. The quantitative estimate of drug-likeness (QED) is 0.522. The molecule has 1 saturated heterocycles. The maximum Gasteiger partial charge on any atom is 0.253 e. The Kier molecular flexibility index (Phi) is 8.29. The first-order valence-electron chi connectivity index (χ1n) is 12.4. The molecule has 0 aromatic heterocycles. The number of hydrogen-bond donors (Lipinski definition) is 3. The summed E-state index contributed by atoms with van der Waals surface area (Å²) in [5.74, 6) is -0.133. The van der Waals surface area contributed by atoms with Crippen LogP contribution in [0.3, 0.4) is 0 Å². The summed E-state index contributed by atoms with van der Waals surface area (Å²) in [6.07, 6.45) is 7.97. The zero-order valence-corrected chi connectivity index (χ0v) is 19.9. The van der Waals surface area contributed by atoms with E-state index in [4.69, 9.17) is 0 Å². The first-order chi connectivity index (χ1) is 16.5. The second-order valence-electron chi connectivity index (χ2n) is 9.60. The van der Waals surface area contributed by atoms with Gasteiger partial charge < -0.3 is 10.2 Å². The third-order valence-electron chi connectivity index (χ3n) is 6.98. The van der Waals surface area contributed by atoms with Gasteiger partial charge in [-0.3, -0.25) is 20.4 Å². The Morgan fingerprint density at radius 2 is 1.85 bits per heavy atom. The number of anilines is 1. The summed E-state index contributed by atoms with van der Waals surface area (Å²) in [6.45, 7) is 0.639. The van der Waals surface area contributed by atoms with Gasteiger partial charge in [-0.25, -0.2) is 4.39 Å². The lowest BCUT2D eigenvalue weighted by molar-refractivity contribution is -0.120. The van der Waals surface area contributed by atoms with Crippen molar-refractivity contribution in [2.75, 3.05) is 18.9 Å². The van der Waals surface area contributed by atoms with Crippen molar-refractivity contribution >= 4 is 17.5 Å². The van der Waals surface area contributed by atoms with E-state index in [-0.39, 0.29) is 35.6 Å². The van der Waals surface area contributed by atoms with Crippen LogP contribution >= 0.6 is 0 Å². The number of halogens is 1. The molecule has 7 heteroatoms. The molecule has 2 amide bonds. The summed E-state index contributed by atoms with van der Waals surface area (Å²) in [5, 5.41) is 3.00. The molecule has 1 aliphatic carbocycles. The number of benzene rings is 2. The number of carbonyl (C=O) groups is 2. The largest absolute Gasteiger partial charge is 0.342 e. The van der Waals surface area contributed by atoms with Crippen LogP contribution in [0.2, 0.25) is 0 Å². The van der Waals surface area contributed by atoms with E-state index in [0.29, 0.717) is 17.8 Å². The molecule has 0 spiro atoms. The highest BCUT2D eigenvalue weighted by Gasteiger charge is 2.25. The number of hydrazine groups is 1. The Hall–Kier alpha value is -2.77. The first kappa shape index (κ1) is 24.4. The van der Waals surface area contributed by atoms with Gasteiger partial charge in [-0.05, 0) is 68.0 Å². The predicted molar refractivity (Wildman–Crippen MR) is 132 cm³/mol. The van der Waals surface area contributed by atoms with Gasteiger partial charge in [0.15, 0.2) is 0 Å². The molecule has 1 heterocycles. The predicted octanol–water partition coefficient (Wildman–Crippen LogP) is 4.80. The molecule has 34 heavy (non-hydrogen) atoms. The fourth-order valence-electron chi connectivity index (χ4n) is 4.99. The molecule has 2 aliphatic rings. The molecule has 182 valence electrons. The van der Waals surface area contributed by atoms with Crippen molar-refractivity contribution in [3.05, 3.63) is 65.5 Å². The van der Waals surface area contributed by atoms with Crippen LogP contribution in [0.1, 0.15) is 73.3 Å². The second-order valence-corrected chi connectivity index (χ2v) is 9.60. The first-order valence-corrected chi connectivity index (χ1v) is 12.4. The van der Waals surface area contributed by atoms with Gasteiger partial charge in [0, 0.05) is 42.8 Å². The van der Waals surface area contributed by atoms with E-state index >= 15 is 0 Å². The van der Waals surface area contributed by atoms with Crippen LogP contribution in [0, 0.1) is 11.7 Å². The van der Waals surface area contributed by atoms with Gasteiger partial charge in [0.25, 0.3) is 5.91 Å². The fourth-order valence-corrected chi connectivity index (χ4v) is 4.99. The van der Waals surface area contributed by atoms with Gasteiger partial charge >= 0.3 is 0 Å². The molecule has 0 bridgehead atoms. The summed E-state index contributed by atoms with van der Waals surface area (Å²) in [6, 6.07) is 14.3. The molecular weight excluding hydrogens is 431 g/mol. The van der Waals surface area contributed by atoms with E-state index < -0.39 is 0 Å². The van der Waals surface area contributed by atoms with Crippen LogP contribution in [-0.4, -0.2) is 36.3 Å². The molecular formula is C27H35FN4O2. The molecule has 2 atom stereocenters. The average molecular weight is 467 g/mol. The molecule has 1 aliphatic heterocycles. The summed E-state index contributed by atoms with van der Waals surface area (Å²) in [5.41, 5.74) is 8.75. The van der Waals surface area contributed by atoms with E-state index in [2.05, 4.69) is 16.2 Å². The summed E-state index contributed by atoms with van der Waals surface area (Å²) >= 11 is 0. The number of nitrogens with zero attached hydrogens (tertiary/aromatic N) is 1. The Labute approximate surface area is 201 Å². The fraction of sp³-hybridized carbons (Fsp3) is 0.481. The molecule has 2 unspecified atom stereocenters. The van der Waals surface area contributed by atoms with Gasteiger partial charge in [-0.1, -0.05) is 37.5 Å². The van der Waals surface area contributed by atoms with Crippen molar-refractivity contribution in [3.8, 4) is 0 Å². The van der Waals surface area contributed by atoms with Crippen LogP contribution < -0.4 is 16.2 Å². The van der Waals surface area contributed by atoms with Crippen molar-refractivity contribution in [2.24, 2.45) is 5.92 Å². The van der Waals surface area contributed by atoms with Gasteiger partial charge in [0.2, 0.25) is 5.91 Å². The highest BCUT2D eigenvalue weighted by atomic mass is 19.1. The van der Waals surface area contributed by atoms with E-state index in [1.54, 1.807) is 29.2 Å². The van der Waals surface area contributed by atoms with E-state index in [1.807, 2.05) is 25.2 Å². The Balaban J connectivity index is 1.23. The Morgan fingerprint density at radius 3 is 2.65 bits per heavy atom. The third kappa shape index (κ3) is 6.42. The van der Waals surface area contributed by atoms with Gasteiger partial charge in [0.1, 0.15) is 5.82 Å². The molecule has 3 N–H and O–H groups in total. The van der Waals surface area contributed by atoms with E-state index in [9.17, 15) is 14.0 Å². The van der Waals surface area contributed by atoms with Crippen molar-refractivity contribution in [1.29, 1.82) is 0 Å². The molecule has 4 rings (SSSR count). The van der Waals surface area contributed by atoms with Crippen LogP contribution in [-0.2, 0) is 4.79 Å². The van der Waals surface area contributed by atoms with Crippen LogP contribution in [0.5, 0.6) is 0 Å². The molecule has 0 radical (unpaired) electrons. The maximum absolute atomic E-state index is 13.5. The highest BCUT2D eigenvalue weighted by Crippen LogP contribution is 2.26. The molecule has 2 aromatic carbocycles. The van der Waals surface area contributed by atoms with Crippen LogP contribution in [0.4, 0.5) is 10.1 Å². The van der Waals surface area contributed by atoms with Crippen molar-refractivity contribution in [1.82, 2.24) is 15.8 Å². The number of nitrogens with one attached hydrogen (secondary N) is 3. The number of hydrogen-bond acceptors (Lipinski definition) is 4. The van der Waals surface area contributed by atoms with Crippen LogP contribution in [0.15, 0.2) is 48.5 Å². The van der Waals surface area contributed by atoms with Gasteiger partial charge in [0.05, 0.1) is 0 Å². The smallest absolute Gasteiger partial charge is 0.253 e. The third-order valence-corrected chi connectivity index (χ3v) is 6.98. The molecule has 1 saturated carbocycles. The minimum atomic E-state index is -0.222.